The zero-order chi connectivity index (χ0) is 15.4. The molecule has 1 aromatic heterocycles. The van der Waals surface area contributed by atoms with E-state index in [0.29, 0.717) is 15.2 Å². The molecule has 0 aliphatic heterocycles. The van der Waals surface area contributed by atoms with Crippen molar-refractivity contribution in [1.82, 2.24) is 9.78 Å². The average Bonchev–Trinajstić information content (AvgIpc) is 2.47. The van der Waals surface area contributed by atoms with Gasteiger partial charge in [0.1, 0.15) is 4.47 Å². The van der Waals surface area contributed by atoms with E-state index >= 15 is 0 Å². The van der Waals surface area contributed by atoms with E-state index in [4.69, 9.17) is 16.7 Å². The first-order chi connectivity index (χ1) is 10.0. The number of nitrogens with one attached hydrogen (secondary N) is 1. The van der Waals surface area contributed by atoms with Gasteiger partial charge in [0.2, 0.25) is 0 Å². The molecular weight excluding hydrogens is 358 g/mol. The first kappa shape index (κ1) is 16.0. The number of hydrogen-bond acceptors (Lipinski definition) is 4. The largest absolute Gasteiger partial charge is 0.394 e. The molecule has 0 fully saturated rings. The van der Waals surface area contributed by atoms with E-state index in [1.807, 2.05) is 31.2 Å². The second-order valence-electron chi connectivity index (χ2n) is 4.54. The van der Waals surface area contributed by atoms with Crippen molar-refractivity contribution in [1.29, 1.82) is 0 Å². The molecule has 1 aromatic carbocycles. The van der Waals surface area contributed by atoms with Crippen LogP contribution in [0.3, 0.4) is 0 Å². The third-order valence-electron chi connectivity index (χ3n) is 3.04. The summed E-state index contributed by atoms with van der Waals surface area (Å²) in [5.41, 5.74) is 1.37. The summed E-state index contributed by atoms with van der Waals surface area (Å²) >= 11 is 9.14. The van der Waals surface area contributed by atoms with Crippen LogP contribution in [0.15, 0.2) is 39.7 Å². The number of aromatic nitrogens is 2. The molecule has 2 rings (SSSR count). The number of aliphatic hydroxyl groups excluding tert-OH is 1. The van der Waals surface area contributed by atoms with Crippen LogP contribution < -0.4 is 10.9 Å². The Balaban J connectivity index is 2.21. The lowest BCUT2D eigenvalue weighted by Crippen LogP contribution is -2.26. The van der Waals surface area contributed by atoms with Crippen LogP contribution in [0.4, 0.5) is 5.69 Å². The van der Waals surface area contributed by atoms with Crippen molar-refractivity contribution in [3.05, 3.63) is 55.9 Å². The van der Waals surface area contributed by atoms with Crippen molar-refractivity contribution in [3.8, 4) is 0 Å². The van der Waals surface area contributed by atoms with Crippen molar-refractivity contribution in [2.24, 2.45) is 0 Å². The fraction of sp³-hybridized carbons (Fsp3) is 0.286. The third kappa shape index (κ3) is 3.84. The number of rotatable bonds is 5. The zero-order valence-electron chi connectivity index (χ0n) is 11.4. The summed E-state index contributed by atoms with van der Waals surface area (Å²) in [4.78, 5) is 12.0. The lowest BCUT2D eigenvalue weighted by atomic mass is 10.1. The topological polar surface area (TPSA) is 67.2 Å². The summed E-state index contributed by atoms with van der Waals surface area (Å²) in [5.74, 6) is 0. The summed E-state index contributed by atoms with van der Waals surface area (Å²) in [5, 5.41) is 16.8. The SMILES string of the molecule is CC(Nc1cnn(CCO)c(=O)c1Br)c1ccc(Cl)cc1. The van der Waals surface area contributed by atoms with Crippen LogP contribution >= 0.6 is 27.5 Å². The number of aliphatic hydroxyl groups is 1. The van der Waals surface area contributed by atoms with Crippen molar-refractivity contribution >= 4 is 33.2 Å². The highest BCUT2D eigenvalue weighted by molar-refractivity contribution is 9.10. The lowest BCUT2D eigenvalue weighted by molar-refractivity contribution is 0.266. The minimum absolute atomic E-state index is 0.00606. The molecule has 0 saturated heterocycles. The Labute approximate surface area is 135 Å². The molecule has 0 saturated carbocycles. The highest BCUT2D eigenvalue weighted by atomic mass is 79.9. The van der Waals surface area contributed by atoms with Gasteiger partial charge in [-0.15, -0.1) is 0 Å². The smallest absolute Gasteiger partial charge is 0.283 e. The van der Waals surface area contributed by atoms with E-state index in [1.165, 1.54) is 4.68 Å². The molecule has 0 aliphatic carbocycles. The first-order valence-corrected chi connectivity index (χ1v) is 7.58. The van der Waals surface area contributed by atoms with Gasteiger partial charge in [-0.25, -0.2) is 4.68 Å². The number of halogens is 2. The number of hydrogen-bond donors (Lipinski definition) is 2. The van der Waals surface area contributed by atoms with Crippen molar-refractivity contribution in [2.75, 3.05) is 11.9 Å². The fourth-order valence-corrected chi connectivity index (χ4v) is 2.44. The van der Waals surface area contributed by atoms with Gasteiger partial charge in [0.15, 0.2) is 0 Å². The molecule has 0 bridgehead atoms. The summed E-state index contributed by atoms with van der Waals surface area (Å²) in [6.07, 6.45) is 1.56. The van der Waals surface area contributed by atoms with E-state index in [2.05, 4.69) is 26.3 Å². The summed E-state index contributed by atoms with van der Waals surface area (Å²) in [7, 11) is 0. The van der Waals surface area contributed by atoms with E-state index in [1.54, 1.807) is 6.20 Å². The van der Waals surface area contributed by atoms with Crippen LogP contribution in [-0.4, -0.2) is 21.5 Å². The second-order valence-corrected chi connectivity index (χ2v) is 5.77. The minimum atomic E-state index is -0.280. The van der Waals surface area contributed by atoms with Crippen molar-refractivity contribution in [2.45, 2.75) is 19.5 Å². The molecule has 0 amide bonds. The van der Waals surface area contributed by atoms with Crippen molar-refractivity contribution < 1.29 is 5.11 Å². The van der Waals surface area contributed by atoms with Crippen LogP contribution in [0.5, 0.6) is 0 Å². The molecule has 1 atom stereocenters. The summed E-state index contributed by atoms with van der Waals surface area (Å²) < 4.78 is 1.61. The van der Waals surface area contributed by atoms with Gasteiger partial charge in [-0.3, -0.25) is 4.79 Å². The Morgan fingerprint density at radius 2 is 2.10 bits per heavy atom. The Morgan fingerprint density at radius 3 is 2.71 bits per heavy atom. The zero-order valence-corrected chi connectivity index (χ0v) is 13.7. The Morgan fingerprint density at radius 1 is 1.43 bits per heavy atom. The maximum absolute atomic E-state index is 12.0. The molecule has 2 N–H and O–H groups in total. The molecule has 112 valence electrons. The van der Waals surface area contributed by atoms with Crippen LogP contribution in [0.25, 0.3) is 0 Å². The van der Waals surface area contributed by atoms with Gasteiger partial charge in [-0.2, -0.15) is 5.10 Å². The van der Waals surface area contributed by atoms with Gasteiger partial charge in [-0.05, 0) is 40.5 Å². The molecule has 0 spiro atoms. The number of benzene rings is 1. The molecule has 0 aliphatic rings. The Hall–Kier alpha value is -1.37. The quantitative estimate of drug-likeness (QED) is 0.847. The molecule has 0 radical (unpaired) electrons. The molecule has 1 unspecified atom stereocenters. The van der Waals surface area contributed by atoms with Gasteiger partial charge >= 0.3 is 0 Å². The molecule has 2 aromatic rings. The van der Waals surface area contributed by atoms with Crippen LogP contribution in [0.1, 0.15) is 18.5 Å². The lowest BCUT2D eigenvalue weighted by Gasteiger charge is -2.17. The maximum Gasteiger partial charge on any atom is 0.283 e. The maximum atomic E-state index is 12.0. The van der Waals surface area contributed by atoms with Crippen molar-refractivity contribution in [3.63, 3.8) is 0 Å². The average molecular weight is 373 g/mol. The van der Waals surface area contributed by atoms with Gasteiger partial charge in [-0.1, -0.05) is 23.7 Å². The highest BCUT2D eigenvalue weighted by Gasteiger charge is 2.12. The third-order valence-corrected chi connectivity index (χ3v) is 4.06. The molecule has 21 heavy (non-hydrogen) atoms. The monoisotopic (exact) mass is 371 g/mol. The minimum Gasteiger partial charge on any atom is -0.394 e. The van der Waals surface area contributed by atoms with Crippen LogP contribution in [0, 0.1) is 0 Å². The van der Waals surface area contributed by atoms with Gasteiger partial charge in [0.05, 0.1) is 25.0 Å². The van der Waals surface area contributed by atoms with E-state index < -0.39 is 0 Å². The number of nitrogens with zero attached hydrogens (tertiary/aromatic N) is 2. The van der Waals surface area contributed by atoms with Crippen LogP contribution in [0.2, 0.25) is 5.02 Å². The second kappa shape index (κ2) is 7.06. The normalized spacial score (nSPS) is 12.2. The standard InChI is InChI=1S/C14H15BrClN3O2/c1-9(10-2-4-11(16)5-3-10)18-12-8-17-19(6-7-20)14(21)13(12)15/h2-5,8-9,18,20H,6-7H2,1H3. The molecular formula is C14H15BrClN3O2. The summed E-state index contributed by atoms with van der Waals surface area (Å²) in [6.45, 7) is 2.02. The molecule has 5 nitrogen and oxygen atoms in total. The summed E-state index contributed by atoms with van der Waals surface area (Å²) in [6, 6.07) is 7.49. The van der Waals surface area contributed by atoms with E-state index in [9.17, 15) is 4.79 Å². The fourth-order valence-electron chi connectivity index (χ4n) is 1.89. The Kier molecular flexibility index (Phi) is 5.39. The van der Waals surface area contributed by atoms with Gasteiger partial charge in [0, 0.05) is 11.1 Å². The van der Waals surface area contributed by atoms with Crippen LogP contribution in [-0.2, 0) is 6.54 Å². The van der Waals surface area contributed by atoms with E-state index in [-0.39, 0.29) is 24.8 Å². The Bertz CT molecular complexity index is 673. The predicted molar refractivity (Wildman–Crippen MR) is 86.8 cm³/mol. The van der Waals surface area contributed by atoms with Gasteiger partial charge < -0.3 is 10.4 Å². The molecule has 1 heterocycles. The predicted octanol–water partition coefficient (Wildman–Crippen LogP) is 2.82. The first-order valence-electron chi connectivity index (χ1n) is 6.41. The van der Waals surface area contributed by atoms with E-state index in [0.717, 1.165) is 5.56 Å². The van der Waals surface area contributed by atoms with Gasteiger partial charge in [0.25, 0.3) is 5.56 Å². The molecule has 7 heteroatoms. The highest BCUT2D eigenvalue weighted by Crippen LogP contribution is 2.24. The number of anilines is 1.